The van der Waals surface area contributed by atoms with E-state index in [0.717, 1.165) is 16.5 Å². The zero-order valence-corrected chi connectivity index (χ0v) is 15.1. The summed E-state index contributed by atoms with van der Waals surface area (Å²) in [6.07, 6.45) is 2.59. The van der Waals surface area contributed by atoms with Crippen LogP contribution in [0.15, 0.2) is 18.3 Å². The van der Waals surface area contributed by atoms with Gasteiger partial charge in [0.25, 0.3) is 0 Å². The van der Waals surface area contributed by atoms with E-state index in [1.165, 1.54) is 0 Å². The number of benzene rings is 1. The molecule has 1 saturated heterocycles. The van der Waals surface area contributed by atoms with Crippen molar-refractivity contribution in [3.05, 3.63) is 28.9 Å². The van der Waals surface area contributed by atoms with Crippen molar-refractivity contribution in [3.63, 3.8) is 0 Å². The molecule has 134 valence electrons. The SMILES string of the molecule is CC(C)OC(=O)N1C[C@H]2CC(O)(c3cc(Cl)cc4[nH]ncc34)C[C@@H]2C1. The molecule has 7 heteroatoms. The van der Waals surface area contributed by atoms with Crippen molar-refractivity contribution in [2.45, 2.75) is 38.4 Å². The number of aromatic amines is 1. The second-order valence-electron chi connectivity index (χ2n) is 7.58. The Balaban J connectivity index is 1.55. The summed E-state index contributed by atoms with van der Waals surface area (Å²) in [6.45, 7) is 4.97. The highest BCUT2D eigenvalue weighted by Crippen LogP contribution is 2.50. The monoisotopic (exact) mass is 363 g/mol. The Bertz CT molecular complexity index is 805. The molecule has 1 saturated carbocycles. The van der Waals surface area contributed by atoms with Crippen LogP contribution in [0.2, 0.25) is 5.02 Å². The van der Waals surface area contributed by atoms with Gasteiger partial charge in [0, 0.05) is 23.5 Å². The number of hydrogen-bond acceptors (Lipinski definition) is 4. The molecule has 1 amide bonds. The molecule has 1 aliphatic heterocycles. The maximum absolute atomic E-state index is 12.1. The second-order valence-corrected chi connectivity index (χ2v) is 8.02. The number of rotatable bonds is 2. The Morgan fingerprint density at radius 3 is 2.72 bits per heavy atom. The summed E-state index contributed by atoms with van der Waals surface area (Å²) in [5.74, 6) is 0.538. The quantitative estimate of drug-likeness (QED) is 0.858. The lowest BCUT2D eigenvalue weighted by atomic mass is 9.88. The molecule has 2 N–H and O–H groups in total. The standard InChI is InChI=1S/C18H22ClN3O3/c1-10(2)25-17(23)22-8-11-5-18(24,6-12(11)9-22)15-3-13(19)4-16-14(15)7-20-21-16/h3-4,7,10-12,24H,5-6,8-9H2,1-2H3,(H,20,21)/t11-,12-/m1/s1. The lowest BCUT2D eigenvalue weighted by molar-refractivity contribution is 0.0298. The van der Waals surface area contributed by atoms with Crippen molar-refractivity contribution in [1.29, 1.82) is 0 Å². The largest absolute Gasteiger partial charge is 0.447 e. The molecule has 2 aromatic rings. The number of aromatic nitrogens is 2. The number of halogens is 1. The van der Waals surface area contributed by atoms with Gasteiger partial charge >= 0.3 is 6.09 Å². The highest BCUT2D eigenvalue weighted by molar-refractivity contribution is 6.31. The topological polar surface area (TPSA) is 78.5 Å². The maximum atomic E-state index is 12.1. The van der Waals surface area contributed by atoms with Gasteiger partial charge in [-0.3, -0.25) is 5.10 Å². The van der Waals surface area contributed by atoms with Gasteiger partial charge in [-0.2, -0.15) is 5.10 Å². The van der Waals surface area contributed by atoms with Crippen LogP contribution in [0.4, 0.5) is 4.79 Å². The van der Waals surface area contributed by atoms with E-state index in [2.05, 4.69) is 10.2 Å². The number of hydrogen-bond donors (Lipinski definition) is 2. The number of aliphatic hydroxyl groups is 1. The molecule has 25 heavy (non-hydrogen) atoms. The molecule has 2 aliphatic rings. The number of ether oxygens (including phenoxy) is 1. The van der Waals surface area contributed by atoms with E-state index in [-0.39, 0.29) is 24.0 Å². The predicted octanol–water partition coefficient (Wildman–Crippen LogP) is 3.29. The fraction of sp³-hybridized carbons (Fsp3) is 0.556. The summed E-state index contributed by atoms with van der Waals surface area (Å²) in [6, 6.07) is 3.65. The normalized spacial score (nSPS) is 24.9. The van der Waals surface area contributed by atoms with Gasteiger partial charge in [-0.05, 0) is 56.2 Å². The molecule has 2 fully saturated rings. The van der Waals surface area contributed by atoms with Crippen molar-refractivity contribution in [2.24, 2.45) is 11.8 Å². The van der Waals surface area contributed by atoms with Crippen molar-refractivity contribution in [3.8, 4) is 0 Å². The van der Waals surface area contributed by atoms with Gasteiger partial charge in [-0.25, -0.2) is 4.79 Å². The summed E-state index contributed by atoms with van der Waals surface area (Å²) >= 11 is 6.23. The molecule has 2 heterocycles. The highest BCUT2D eigenvalue weighted by atomic mass is 35.5. The third kappa shape index (κ3) is 2.87. The molecule has 2 atom stereocenters. The van der Waals surface area contributed by atoms with Crippen molar-refractivity contribution in [1.82, 2.24) is 15.1 Å². The molecule has 6 nitrogen and oxygen atoms in total. The molecule has 1 aliphatic carbocycles. The van der Waals surface area contributed by atoms with E-state index in [4.69, 9.17) is 16.3 Å². The van der Waals surface area contributed by atoms with E-state index in [9.17, 15) is 9.90 Å². The van der Waals surface area contributed by atoms with Crippen molar-refractivity contribution < 1.29 is 14.6 Å². The van der Waals surface area contributed by atoms with Crippen LogP contribution in [-0.4, -0.2) is 45.5 Å². The highest BCUT2D eigenvalue weighted by Gasteiger charge is 2.50. The van der Waals surface area contributed by atoms with Crippen molar-refractivity contribution in [2.75, 3.05) is 13.1 Å². The van der Waals surface area contributed by atoms with E-state index >= 15 is 0 Å². The van der Waals surface area contributed by atoms with Crippen LogP contribution in [0, 0.1) is 11.8 Å². The van der Waals surface area contributed by atoms with Crippen LogP contribution in [0.1, 0.15) is 32.3 Å². The Hall–Kier alpha value is -1.79. The molecule has 1 aromatic carbocycles. The van der Waals surface area contributed by atoms with Crippen LogP contribution in [0.5, 0.6) is 0 Å². The number of likely N-dealkylation sites (tertiary alicyclic amines) is 1. The smallest absolute Gasteiger partial charge is 0.410 e. The molecule has 0 unspecified atom stereocenters. The zero-order valence-electron chi connectivity index (χ0n) is 14.3. The Labute approximate surface area is 151 Å². The third-order valence-electron chi connectivity index (χ3n) is 5.40. The Morgan fingerprint density at radius 2 is 2.08 bits per heavy atom. The number of carbonyl (C=O) groups is 1. The first kappa shape index (κ1) is 16.7. The summed E-state index contributed by atoms with van der Waals surface area (Å²) < 4.78 is 5.29. The second kappa shape index (κ2) is 5.88. The molecular weight excluding hydrogens is 342 g/mol. The lowest BCUT2D eigenvalue weighted by Crippen LogP contribution is -2.34. The van der Waals surface area contributed by atoms with Crippen LogP contribution in [0.3, 0.4) is 0 Å². The van der Waals surface area contributed by atoms with Crippen LogP contribution < -0.4 is 0 Å². The average Bonchev–Trinajstić information content (AvgIpc) is 3.18. The van der Waals surface area contributed by atoms with Crippen LogP contribution in [0.25, 0.3) is 10.9 Å². The van der Waals surface area contributed by atoms with E-state index in [1.807, 2.05) is 26.0 Å². The van der Waals surface area contributed by atoms with Crippen LogP contribution >= 0.6 is 11.6 Å². The summed E-state index contributed by atoms with van der Waals surface area (Å²) in [4.78, 5) is 13.9. The number of fused-ring (bicyclic) bond motifs is 2. The first-order chi connectivity index (χ1) is 11.9. The predicted molar refractivity (Wildman–Crippen MR) is 94.4 cm³/mol. The van der Waals surface area contributed by atoms with Gasteiger partial charge in [0.05, 0.1) is 23.4 Å². The first-order valence-corrected chi connectivity index (χ1v) is 9.04. The van der Waals surface area contributed by atoms with Crippen molar-refractivity contribution >= 4 is 28.6 Å². The summed E-state index contributed by atoms with van der Waals surface area (Å²) in [5, 5.41) is 19.8. The number of H-pyrrole nitrogens is 1. The van der Waals surface area contributed by atoms with Gasteiger partial charge in [0.2, 0.25) is 0 Å². The third-order valence-corrected chi connectivity index (χ3v) is 5.61. The minimum Gasteiger partial charge on any atom is -0.447 e. The van der Waals surface area contributed by atoms with Gasteiger partial charge < -0.3 is 14.7 Å². The van der Waals surface area contributed by atoms with E-state index in [1.54, 1.807) is 11.1 Å². The molecule has 0 spiro atoms. The molecule has 0 bridgehead atoms. The Morgan fingerprint density at radius 1 is 1.40 bits per heavy atom. The number of nitrogens with zero attached hydrogens (tertiary/aromatic N) is 2. The average molecular weight is 364 g/mol. The number of nitrogens with one attached hydrogen (secondary N) is 1. The van der Waals surface area contributed by atoms with Gasteiger partial charge in [-0.15, -0.1) is 0 Å². The first-order valence-electron chi connectivity index (χ1n) is 8.67. The lowest BCUT2D eigenvalue weighted by Gasteiger charge is -2.27. The number of carbonyl (C=O) groups excluding carboxylic acids is 1. The number of amides is 1. The minimum atomic E-state index is -0.934. The Kier molecular flexibility index (Phi) is 3.92. The van der Waals surface area contributed by atoms with Crippen LogP contribution in [-0.2, 0) is 10.3 Å². The zero-order chi connectivity index (χ0) is 17.8. The maximum Gasteiger partial charge on any atom is 0.410 e. The van der Waals surface area contributed by atoms with E-state index in [0.29, 0.717) is 31.0 Å². The van der Waals surface area contributed by atoms with Gasteiger partial charge in [0.15, 0.2) is 0 Å². The molecule has 1 aromatic heterocycles. The fourth-order valence-corrected chi connectivity index (χ4v) is 4.62. The van der Waals surface area contributed by atoms with Gasteiger partial charge in [0.1, 0.15) is 0 Å². The minimum absolute atomic E-state index is 0.120. The van der Waals surface area contributed by atoms with Gasteiger partial charge in [-0.1, -0.05) is 11.6 Å². The van der Waals surface area contributed by atoms with E-state index < -0.39 is 5.60 Å². The molecule has 0 radical (unpaired) electrons. The summed E-state index contributed by atoms with van der Waals surface area (Å²) in [5.41, 5.74) is 0.723. The fourth-order valence-electron chi connectivity index (χ4n) is 4.40. The molecule has 4 rings (SSSR count). The molecular formula is C18H22ClN3O3. The summed E-state index contributed by atoms with van der Waals surface area (Å²) in [7, 11) is 0.